The van der Waals surface area contributed by atoms with Gasteiger partial charge in [-0.1, -0.05) is 17.8 Å². The first-order valence-electron chi connectivity index (χ1n) is 3.50. The molecule has 2 rings (SSSR count). The average Bonchev–Trinajstić information content (AvgIpc) is 2.53. The quantitative estimate of drug-likeness (QED) is 0.713. The molecular formula is C8H7N2OS. The zero-order valence-corrected chi connectivity index (χ0v) is 7.03. The third-order valence-corrected chi connectivity index (χ3v) is 2.47. The smallest absolute Gasteiger partial charge is 0.147 e. The minimum Gasteiger partial charge on any atom is -0.287 e. The van der Waals surface area contributed by atoms with E-state index in [4.69, 9.17) is 0 Å². The molecule has 1 aromatic rings. The molecule has 0 spiro atoms. The molecule has 61 valence electrons. The van der Waals surface area contributed by atoms with Crippen molar-refractivity contribution in [3.63, 3.8) is 0 Å². The molecule has 1 aromatic heterocycles. The van der Waals surface area contributed by atoms with E-state index in [1.165, 1.54) is 18.0 Å². The van der Waals surface area contributed by atoms with Gasteiger partial charge in [0.15, 0.2) is 0 Å². The Morgan fingerprint density at radius 3 is 3.08 bits per heavy atom. The number of hydroxylamine groups is 2. The Morgan fingerprint density at radius 1 is 1.58 bits per heavy atom. The van der Waals surface area contributed by atoms with Gasteiger partial charge in [0.2, 0.25) is 0 Å². The van der Waals surface area contributed by atoms with Crippen molar-refractivity contribution in [2.24, 2.45) is 0 Å². The summed E-state index contributed by atoms with van der Waals surface area (Å²) in [5, 5.41) is 13.1. The van der Waals surface area contributed by atoms with E-state index in [1.54, 1.807) is 6.20 Å². The topological polar surface area (TPSA) is 36.4 Å². The molecule has 0 saturated heterocycles. The van der Waals surface area contributed by atoms with Crippen molar-refractivity contribution in [2.75, 3.05) is 0 Å². The molecule has 0 amide bonds. The maximum Gasteiger partial charge on any atom is 0.147 e. The van der Waals surface area contributed by atoms with Crippen LogP contribution in [0.1, 0.15) is 11.1 Å². The molecule has 12 heavy (non-hydrogen) atoms. The summed E-state index contributed by atoms with van der Waals surface area (Å²) >= 11 is 1.41. The van der Waals surface area contributed by atoms with E-state index in [2.05, 4.69) is 10.4 Å². The predicted molar refractivity (Wildman–Crippen MR) is 46.0 cm³/mol. The third-order valence-electron chi connectivity index (χ3n) is 1.55. The molecule has 0 saturated carbocycles. The lowest BCUT2D eigenvalue weighted by atomic mass is 10.3. The number of pyridine rings is 1. The van der Waals surface area contributed by atoms with Crippen LogP contribution in [0, 0.1) is 5.41 Å². The van der Waals surface area contributed by atoms with Crippen LogP contribution in [-0.4, -0.2) is 15.3 Å². The van der Waals surface area contributed by atoms with E-state index in [9.17, 15) is 5.21 Å². The van der Waals surface area contributed by atoms with Crippen molar-refractivity contribution in [2.45, 2.75) is 5.37 Å². The number of aromatic nitrogens is 1. The number of nitrogens with zero attached hydrogens (tertiary/aromatic N) is 2. The van der Waals surface area contributed by atoms with Crippen LogP contribution in [0.5, 0.6) is 0 Å². The van der Waals surface area contributed by atoms with Crippen LogP contribution in [0.2, 0.25) is 0 Å². The maximum absolute atomic E-state index is 9.30. The summed E-state index contributed by atoms with van der Waals surface area (Å²) in [6.45, 7) is 0. The Kier molecular flexibility index (Phi) is 2.01. The number of rotatable bonds is 1. The highest BCUT2D eigenvalue weighted by molar-refractivity contribution is 8.01. The van der Waals surface area contributed by atoms with Crippen molar-refractivity contribution in [3.05, 3.63) is 41.7 Å². The molecule has 1 N–H and O–H groups in total. The Morgan fingerprint density at radius 2 is 2.50 bits per heavy atom. The largest absolute Gasteiger partial charge is 0.287 e. The molecule has 0 fully saturated rings. The van der Waals surface area contributed by atoms with Gasteiger partial charge in [-0.25, -0.2) is 5.06 Å². The summed E-state index contributed by atoms with van der Waals surface area (Å²) in [6, 6.07) is 5.62. The van der Waals surface area contributed by atoms with E-state index in [1.807, 2.05) is 18.2 Å². The normalized spacial score (nSPS) is 21.8. The first-order chi connectivity index (χ1) is 5.88. The standard InChI is InChI=1S/C8H7N2OS/c11-10-5-6-12-8(10)7-3-1-2-4-9-7/h1-5,8,11H. The summed E-state index contributed by atoms with van der Waals surface area (Å²) in [6.07, 6.45) is 3.21. The van der Waals surface area contributed by atoms with Crippen LogP contribution in [0.4, 0.5) is 0 Å². The molecule has 1 aliphatic heterocycles. The number of thioether (sulfide) groups is 1. The van der Waals surface area contributed by atoms with Crippen LogP contribution in [0.25, 0.3) is 0 Å². The molecule has 0 aliphatic carbocycles. The highest BCUT2D eigenvalue weighted by Crippen LogP contribution is 2.35. The van der Waals surface area contributed by atoms with Gasteiger partial charge in [-0.05, 0) is 12.1 Å². The second-order valence-electron chi connectivity index (χ2n) is 2.35. The van der Waals surface area contributed by atoms with Gasteiger partial charge >= 0.3 is 0 Å². The maximum atomic E-state index is 9.30. The third kappa shape index (κ3) is 1.31. The van der Waals surface area contributed by atoms with Crippen molar-refractivity contribution in [1.29, 1.82) is 0 Å². The van der Waals surface area contributed by atoms with Crippen LogP contribution in [0.15, 0.2) is 30.6 Å². The van der Waals surface area contributed by atoms with Gasteiger partial charge in [0.05, 0.1) is 5.69 Å². The first-order valence-corrected chi connectivity index (χ1v) is 4.38. The number of hydrogen-bond donors (Lipinski definition) is 1. The van der Waals surface area contributed by atoms with Crippen LogP contribution < -0.4 is 0 Å². The predicted octanol–water partition coefficient (Wildman–Crippen LogP) is 1.79. The minimum absolute atomic E-state index is 0.133. The summed E-state index contributed by atoms with van der Waals surface area (Å²) in [5.41, 5.74) is 0.839. The monoisotopic (exact) mass is 179 g/mol. The van der Waals surface area contributed by atoms with E-state index < -0.39 is 0 Å². The van der Waals surface area contributed by atoms with Gasteiger partial charge in [0.25, 0.3) is 0 Å². The fourth-order valence-electron chi connectivity index (χ4n) is 0.989. The molecule has 0 bridgehead atoms. The highest BCUT2D eigenvalue weighted by Gasteiger charge is 2.21. The lowest BCUT2D eigenvalue weighted by Crippen LogP contribution is -2.13. The molecule has 3 nitrogen and oxygen atoms in total. The summed E-state index contributed by atoms with van der Waals surface area (Å²) < 4.78 is 0. The molecular weight excluding hydrogens is 172 g/mol. The molecule has 1 unspecified atom stereocenters. The van der Waals surface area contributed by atoms with E-state index in [-0.39, 0.29) is 5.37 Å². The van der Waals surface area contributed by atoms with Gasteiger partial charge in [-0.2, -0.15) is 0 Å². The van der Waals surface area contributed by atoms with Gasteiger partial charge in [-0.3, -0.25) is 10.2 Å². The van der Waals surface area contributed by atoms with Crippen molar-refractivity contribution in [3.8, 4) is 0 Å². The molecule has 1 atom stereocenters. The van der Waals surface area contributed by atoms with Crippen molar-refractivity contribution in [1.82, 2.24) is 10.0 Å². The van der Waals surface area contributed by atoms with Crippen molar-refractivity contribution >= 4 is 11.8 Å². The van der Waals surface area contributed by atoms with Gasteiger partial charge in [-0.15, -0.1) is 0 Å². The van der Waals surface area contributed by atoms with Gasteiger partial charge in [0, 0.05) is 17.8 Å². The summed E-state index contributed by atoms with van der Waals surface area (Å²) in [4.78, 5) is 4.13. The second-order valence-corrected chi connectivity index (χ2v) is 3.27. The molecule has 4 heteroatoms. The first kappa shape index (κ1) is 7.64. The molecule has 2 heterocycles. The summed E-state index contributed by atoms with van der Waals surface area (Å²) in [5.74, 6) is 0. The highest BCUT2D eigenvalue weighted by atomic mass is 32.2. The Labute approximate surface area is 74.7 Å². The zero-order valence-electron chi connectivity index (χ0n) is 6.21. The van der Waals surface area contributed by atoms with Crippen LogP contribution in [0.3, 0.4) is 0 Å². The average molecular weight is 179 g/mol. The second kappa shape index (κ2) is 3.16. The number of hydrogen-bond acceptors (Lipinski definition) is 4. The lowest BCUT2D eigenvalue weighted by molar-refractivity contribution is -0.0505. The van der Waals surface area contributed by atoms with Crippen molar-refractivity contribution < 1.29 is 5.21 Å². The van der Waals surface area contributed by atoms with Crippen LogP contribution >= 0.6 is 11.8 Å². The van der Waals surface area contributed by atoms with Gasteiger partial charge < -0.3 is 0 Å². The van der Waals surface area contributed by atoms with Gasteiger partial charge in [0.1, 0.15) is 5.37 Å². The minimum atomic E-state index is -0.133. The Bertz CT molecular complexity index is 288. The van der Waals surface area contributed by atoms with Crippen LogP contribution in [-0.2, 0) is 0 Å². The van der Waals surface area contributed by atoms with E-state index in [0.717, 1.165) is 10.8 Å². The summed E-state index contributed by atoms with van der Waals surface area (Å²) in [7, 11) is 0. The zero-order chi connectivity index (χ0) is 8.39. The Hall–Kier alpha value is -1.00. The fourth-order valence-corrected chi connectivity index (χ4v) is 1.72. The Balaban J connectivity index is 2.22. The molecule has 1 radical (unpaired) electrons. The lowest BCUT2D eigenvalue weighted by Gasteiger charge is -2.16. The SMILES string of the molecule is ON1C=[C]SC1c1ccccn1. The van der Waals surface area contributed by atoms with E-state index in [0.29, 0.717) is 0 Å². The fraction of sp³-hybridized carbons (Fsp3) is 0.125. The van der Waals surface area contributed by atoms with E-state index >= 15 is 0 Å². The molecule has 1 aliphatic rings. The molecule has 0 aromatic carbocycles.